The second-order valence-electron chi connectivity index (χ2n) is 3.82. The maximum absolute atomic E-state index is 11.8. The summed E-state index contributed by atoms with van der Waals surface area (Å²) < 4.78 is 0. The number of aromatic nitrogens is 1. The lowest BCUT2D eigenvalue weighted by Crippen LogP contribution is -2.44. The van der Waals surface area contributed by atoms with Gasteiger partial charge >= 0.3 is 0 Å². The molecule has 0 aliphatic carbocycles. The van der Waals surface area contributed by atoms with Crippen molar-refractivity contribution in [2.75, 3.05) is 0 Å². The molecule has 1 fully saturated rings. The number of hydrazine groups is 1. The van der Waals surface area contributed by atoms with Crippen molar-refractivity contribution in [2.24, 2.45) is 0 Å². The third-order valence-electron chi connectivity index (χ3n) is 2.39. The van der Waals surface area contributed by atoms with Crippen molar-refractivity contribution in [1.29, 1.82) is 0 Å². The molecule has 1 saturated heterocycles. The quantitative estimate of drug-likeness (QED) is 0.665. The fourth-order valence-electron chi connectivity index (χ4n) is 1.56. The fraction of sp³-hybridized carbons (Fsp3) is 0.400. The van der Waals surface area contributed by atoms with E-state index in [9.17, 15) is 4.79 Å². The Hall–Kier alpha value is -1.17. The number of halogens is 1. The molecule has 6 heteroatoms. The molecule has 1 aliphatic heterocycles. The Bertz CT molecular complexity index is 381. The number of hydrogen-bond acceptors (Lipinski definition) is 4. The highest BCUT2D eigenvalue weighted by atomic mass is 35.5. The third kappa shape index (κ3) is 2.69. The average Bonchev–Trinajstić information content (AvgIpc) is 2.65. The number of nitrogens with one attached hydrogen (secondary N) is 3. The molecule has 2 rings (SSSR count). The summed E-state index contributed by atoms with van der Waals surface area (Å²) in [7, 11) is 0. The van der Waals surface area contributed by atoms with E-state index in [1.807, 2.05) is 6.92 Å². The molecule has 0 bridgehead atoms. The second kappa shape index (κ2) is 4.78. The van der Waals surface area contributed by atoms with Gasteiger partial charge in [0.1, 0.15) is 5.15 Å². The molecule has 0 aromatic carbocycles. The summed E-state index contributed by atoms with van der Waals surface area (Å²) in [4.78, 5) is 15.6. The van der Waals surface area contributed by atoms with Crippen molar-refractivity contribution < 1.29 is 4.79 Å². The van der Waals surface area contributed by atoms with Crippen molar-refractivity contribution in [2.45, 2.75) is 25.6 Å². The molecule has 2 heterocycles. The lowest BCUT2D eigenvalue weighted by atomic mass is 10.2. The van der Waals surface area contributed by atoms with Crippen molar-refractivity contribution >= 4 is 17.5 Å². The van der Waals surface area contributed by atoms with Crippen molar-refractivity contribution in [3.8, 4) is 0 Å². The van der Waals surface area contributed by atoms with E-state index in [4.69, 9.17) is 11.6 Å². The van der Waals surface area contributed by atoms with Crippen LogP contribution in [0.2, 0.25) is 5.15 Å². The van der Waals surface area contributed by atoms with Gasteiger partial charge in [-0.25, -0.2) is 10.4 Å². The molecule has 1 aromatic heterocycles. The standard InChI is InChI=1S/C10H13ClN4O/c1-6-4-9(15-14-6)13-10(16)7-2-3-8(11)12-5-7/h2-3,5-6,9,14-15H,4H2,1H3,(H,13,16). The SMILES string of the molecule is CC1CC(NC(=O)c2ccc(Cl)nc2)NN1. The molecule has 3 N–H and O–H groups in total. The Labute approximate surface area is 98.6 Å². The number of carbonyl (C=O) groups is 1. The van der Waals surface area contributed by atoms with Crippen LogP contribution in [0.3, 0.4) is 0 Å². The van der Waals surface area contributed by atoms with Crippen LogP contribution in [-0.4, -0.2) is 23.1 Å². The summed E-state index contributed by atoms with van der Waals surface area (Å²) in [6.07, 6.45) is 2.27. The predicted octanol–water partition coefficient (Wildman–Crippen LogP) is 0.677. The zero-order valence-electron chi connectivity index (χ0n) is 8.83. The van der Waals surface area contributed by atoms with Gasteiger partial charge < -0.3 is 5.32 Å². The van der Waals surface area contributed by atoms with E-state index in [2.05, 4.69) is 21.2 Å². The van der Waals surface area contributed by atoms with E-state index in [1.54, 1.807) is 12.1 Å². The van der Waals surface area contributed by atoms with Crippen LogP contribution in [-0.2, 0) is 0 Å². The first-order valence-corrected chi connectivity index (χ1v) is 5.46. The molecule has 1 aliphatic rings. The van der Waals surface area contributed by atoms with Crippen LogP contribution in [0.1, 0.15) is 23.7 Å². The van der Waals surface area contributed by atoms with Gasteiger partial charge in [0.2, 0.25) is 0 Å². The van der Waals surface area contributed by atoms with Gasteiger partial charge in [-0.2, -0.15) is 0 Å². The molecule has 0 radical (unpaired) electrons. The van der Waals surface area contributed by atoms with Crippen LogP contribution < -0.4 is 16.2 Å². The van der Waals surface area contributed by atoms with E-state index < -0.39 is 0 Å². The van der Waals surface area contributed by atoms with Crippen LogP contribution in [0.15, 0.2) is 18.3 Å². The number of nitrogens with zero attached hydrogens (tertiary/aromatic N) is 1. The van der Waals surface area contributed by atoms with E-state index >= 15 is 0 Å². The van der Waals surface area contributed by atoms with Crippen LogP contribution in [0.5, 0.6) is 0 Å². The number of amides is 1. The highest BCUT2D eigenvalue weighted by Crippen LogP contribution is 2.06. The molecule has 1 amide bonds. The Morgan fingerprint density at radius 2 is 2.38 bits per heavy atom. The minimum Gasteiger partial charge on any atom is -0.335 e. The molecule has 86 valence electrons. The zero-order valence-corrected chi connectivity index (χ0v) is 9.58. The zero-order chi connectivity index (χ0) is 11.5. The summed E-state index contributed by atoms with van der Waals surface area (Å²) in [6.45, 7) is 2.04. The summed E-state index contributed by atoms with van der Waals surface area (Å²) in [6, 6.07) is 3.60. The van der Waals surface area contributed by atoms with E-state index in [0.29, 0.717) is 16.8 Å². The molecule has 5 nitrogen and oxygen atoms in total. The highest BCUT2D eigenvalue weighted by Gasteiger charge is 2.21. The number of pyridine rings is 1. The normalized spacial score (nSPS) is 24.4. The fourth-order valence-corrected chi connectivity index (χ4v) is 1.67. The van der Waals surface area contributed by atoms with Gasteiger partial charge in [0, 0.05) is 12.2 Å². The van der Waals surface area contributed by atoms with Gasteiger partial charge in [-0.15, -0.1) is 0 Å². The topological polar surface area (TPSA) is 66.0 Å². The maximum Gasteiger partial charge on any atom is 0.254 e. The molecule has 0 saturated carbocycles. The van der Waals surface area contributed by atoms with Crippen LogP contribution in [0, 0.1) is 0 Å². The number of rotatable bonds is 2. The first kappa shape index (κ1) is 11.3. The Morgan fingerprint density at radius 3 is 2.94 bits per heavy atom. The maximum atomic E-state index is 11.8. The van der Waals surface area contributed by atoms with Gasteiger partial charge in [0.05, 0.1) is 11.7 Å². The monoisotopic (exact) mass is 240 g/mol. The van der Waals surface area contributed by atoms with E-state index in [1.165, 1.54) is 6.20 Å². The first-order chi connectivity index (χ1) is 7.65. The first-order valence-electron chi connectivity index (χ1n) is 5.08. The second-order valence-corrected chi connectivity index (χ2v) is 4.21. The molecule has 1 aromatic rings. The van der Waals surface area contributed by atoms with Gasteiger partial charge in [-0.3, -0.25) is 10.2 Å². The van der Waals surface area contributed by atoms with E-state index in [0.717, 1.165) is 6.42 Å². The lowest BCUT2D eigenvalue weighted by Gasteiger charge is -2.11. The van der Waals surface area contributed by atoms with Gasteiger partial charge in [-0.1, -0.05) is 11.6 Å². The lowest BCUT2D eigenvalue weighted by molar-refractivity contribution is 0.0932. The summed E-state index contributed by atoms with van der Waals surface area (Å²) in [5, 5.41) is 3.23. The average molecular weight is 241 g/mol. The van der Waals surface area contributed by atoms with Crippen LogP contribution in [0.4, 0.5) is 0 Å². The minimum absolute atomic E-state index is 0.0434. The predicted molar refractivity (Wildman–Crippen MR) is 60.9 cm³/mol. The minimum atomic E-state index is -0.155. The summed E-state index contributed by atoms with van der Waals surface area (Å²) >= 11 is 5.64. The summed E-state index contributed by atoms with van der Waals surface area (Å²) in [5.74, 6) is -0.155. The Kier molecular flexibility index (Phi) is 3.38. The number of hydrogen-bond donors (Lipinski definition) is 3. The van der Waals surface area contributed by atoms with E-state index in [-0.39, 0.29) is 12.1 Å². The molecule has 2 unspecified atom stereocenters. The molecule has 16 heavy (non-hydrogen) atoms. The van der Waals surface area contributed by atoms with Crippen molar-refractivity contribution in [1.82, 2.24) is 21.2 Å². The molecule has 2 atom stereocenters. The van der Waals surface area contributed by atoms with Gasteiger partial charge in [0.25, 0.3) is 5.91 Å². The van der Waals surface area contributed by atoms with Gasteiger partial charge in [0.15, 0.2) is 0 Å². The van der Waals surface area contributed by atoms with Crippen LogP contribution in [0.25, 0.3) is 0 Å². The molecule has 0 spiro atoms. The summed E-state index contributed by atoms with van der Waals surface area (Å²) in [5.41, 5.74) is 6.53. The highest BCUT2D eigenvalue weighted by molar-refractivity contribution is 6.29. The smallest absolute Gasteiger partial charge is 0.254 e. The third-order valence-corrected chi connectivity index (χ3v) is 2.61. The molecular formula is C10H13ClN4O. The number of carbonyl (C=O) groups excluding carboxylic acids is 1. The van der Waals surface area contributed by atoms with Crippen molar-refractivity contribution in [3.05, 3.63) is 29.0 Å². The molecular weight excluding hydrogens is 228 g/mol. The van der Waals surface area contributed by atoms with Crippen molar-refractivity contribution in [3.63, 3.8) is 0 Å². The van der Waals surface area contributed by atoms with Crippen LogP contribution >= 0.6 is 11.6 Å². The Balaban J connectivity index is 1.95. The van der Waals surface area contributed by atoms with Gasteiger partial charge in [-0.05, 0) is 25.5 Å². The Morgan fingerprint density at radius 1 is 1.56 bits per heavy atom. The largest absolute Gasteiger partial charge is 0.335 e.